The van der Waals surface area contributed by atoms with Crippen molar-refractivity contribution in [3.8, 4) is 18.1 Å². The Kier molecular flexibility index (Phi) is 6.16. The summed E-state index contributed by atoms with van der Waals surface area (Å²) in [6, 6.07) is 7.80. The molecule has 0 saturated carbocycles. The second-order valence-corrected chi connectivity index (χ2v) is 4.02. The van der Waals surface area contributed by atoms with E-state index in [1.54, 1.807) is 0 Å². The molecule has 0 aliphatic carbocycles. The highest BCUT2D eigenvalue weighted by Gasteiger charge is 2.03. The van der Waals surface area contributed by atoms with Crippen molar-refractivity contribution >= 4 is 0 Å². The third kappa shape index (κ3) is 4.90. The molecule has 0 saturated heterocycles. The first kappa shape index (κ1) is 13.6. The number of nitrogens with one attached hydrogen (secondary N) is 1. The van der Waals surface area contributed by atoms with Crippen LogP contribution in [0.3, 0.4) is 0 Å². The van der Waals surface area contributed by atoms with E-state index in [1.807, 2.05) is 31.2 Å². The molecule has 0 fully saturated rings. The molecule has 2 N–H and O–H groups in total. The number of aliphatic hydroxyl groups excluding tert-OH is 1. The van der Waals surface area contributed by atoms with Crippen molar-refractivity contribution in [3.63, 3.8) is 0 Å². The van der Waals surface area contributed by atoms with Crippen LogP contribution in [0.2, 0.25) is 0 Å². The Bertz CT molecular complexity index is 371. The quantitative estimate of drug-likeness (QED) is 0.700. The van der Waals surface area contributed by atoms with Crippen molar-refractivity contribution in [3.05, 3.63) is 29.8 Å². The Morgan fingerprint density at radius 3 is 2.94 bits per heavy atom. The largest absolute Gasteiger partial charge is 0.481 e. The molecule has 1 atom stereocenters. The highest BCUT2D eigenvalue weighted by atomic mass is 16.5. The van der Waals surface area contributed by atoms with Crippen molar-refractivity contribution in [1.82, 2.24) is 5.32 Å². The summed E-state index contributed by atoms with van der Waals surface area (Å²) in [5.41, 5.74) is 1.08. The van der Waals surface area contributed by atoms with Crippen LogP contribution in [0, 0.1) is 18.3 Å². The summed E-state index contributed by atoms with van der Waals surface area (Å²) in [5, 5.41) is 12.2. The third-order valence-corrected chi connectivity index (χ3v) is 2.40. The van der Waals surface area contributed by atoms with Gasteiger partial charge in [0.15, 0.2) is 0 Å². The highest BCUT2D eigenvalue weighted by molar-refractivity contribution is 5.33. The molecule has 0 aliphatic heterocycles. The molecule has 3 heteroatoms. The fourth-order valence-electron chi connectivity index (χ4n) is 1.43. The summed E-state index contributed by atoms with van der Waals surface area (Å²) in [6.07, 6.45) is 5.17. The second-order valence-electron chi connectivity index (χ2n) is 4.02. The van der Waals surface area contributed by atoms with Crippen molar-refractivity contribution in [2.75, 3.05) is 19.8 Å². The standard InChI is InChI=1S/C14H19NO2/c1-3-8-17-14-7-5-4-6-13(14)10-15-9-12(2)11-16/h1,4-7,12,15-16H,8-11H2,2H3. The predicted octanol–water partition coefficient (Wildman–Crippen LogP) is 1.42. The lowest BCUT2D eigenvalue weighted by molar-refractivity contribution is 0.233. The molecule has 0 radical (unpaired) electrons. The van der Waals surface area contributed by atoms with Gasteiger partial charge in [0.1, 0.15) is 12.4 Å². The number of benzene rings is 1. The predicted molar refractivity (Wildman–Crippen MR) is 68.7 cm³/mol. The zero-order valence-electron chi connectivity index (χ0n) is 10.1. The summed E-state index contributed by atoms with van der Waals surface area (Å²) in [7, 11) is 0. The van der Waals surface area contributed by atoms with Gasteiger partial charge in [-0.25, -0.2) is 0 Å². The summed E-state index contributed by atoms with van der Waals surface area (Å²) < 4.78 is 5.44. The highest BCUT2D eigenvalue weighted by Crippen LogP contribution is 2.17. The molecule has 0 amide bonds. The summed E-state index contributed by atoms with van der Waals surface area (Å²) in [4.78, 5) is 0. The minimum atomic E-state index is 0.197. The van der Waals surface area contributed by atoms with Crippen molar-refractivity contribution in [2.45, 2.75) is 13.5 Å². The van der Waals surface area contributed by atoms with Gasteiger partial charge >= 0.3 is 0 Å². The van der Waals surface area contributed by atoms with Crippen LogP contribution in [-0.2, 0) is 6.54 Å². The Morgan fingerprint density at radius 1 is 1.47 bits per heavy atom. The van der Waals surface area contributed by atoms with Gasteiger partial charge in [0.25, 0.3) is 0 Å². The van der Waals surface area contributed by atoms with Crippen LogP contribution >= 0.6 is 0 Å². The Hall–Kier alpha value is -1.50. The normalized spacial score (nSPS) is 11.8. The van der Waals surface area contributed by atoms with Crippen LogP contribution in [0.5, 0.6) is 5.75 Å². The van der Waals surface area contributed by atoms with Crippen LogP contribution in [0.25, 0.3) is 0 Å². The first-order valence-corrected chi connectivity index (χ1v) is 5.73. The maximum atomic E-state index is 8.92. The lowest BCUT2D eigenvalue weighted by atomic mass is 10.1. The molecule has 1 unspecified atom stereocenters. The van der Waals surface area contributed by atoms with Gasteiger partial charge in [-0.1, -0.05) is 31.0 Å². The third-order valence-electron chi connectivity index (χ3n) is 2.40. The van der Waals surface area contributed by atoms with E-state index in [0.717, 1.165) is 17.9 Å². The Labute approximate surface area is 103 Å². The van der Waals surface area contributed by atoms with Crippen molar-refractivity contribution < 1.29 is 9.84 Å². The zero-order chi connectivity index (χ0) is 12.5. The fraction of sp³-hybridized carbons (Fsp3) is 0.429. The first-order chi connectivity index (χ1) is 8.27. The fourth-order valence-corrected chi connectivity index (χ4v) is 1.43. The monoisotopic (exact) mass is 233 g/mol. The number of para-hydroxylation sites is 1. The van der Waals surface area contributed by atoms with Gasteiger partial charge in [-0.2, -0.15) is 0 Å². The number of aliphatic hydroxyl groups is 1. The topological polar surface area (TPSA) is 41.5 Å². The minimum Gasteiger partial charge on any atom is -0.481 e. The summed E-state index contributed by atoms with van der Waals surface area (Å²) in [6.45, 7) is 3.96. The van der Waals surface area contributed by atoms with Crippen molar-refractivity contribution in [1.29, 1.82) is 0 Å². The zero-order valence-corrected chi connectivity index (χ0v) is 10.1. The molecule has 0 aliphatic rings. The van der Waals surface area contributed by atoms with E-state index < -0.39 is 0 Å². The van der Waals surface area contributed by atoms with E-state index in [0.29, 0.717) is 6.54 Å². The Balaban J connectivity index is 2.49. The molecular formula is C14H19NO2. The number of hydrogen-bond donors (Lipinski definition) is 2. The van der Waals surface area contributed by atoms with Crippen LogP contribution < -0.4 is 10.1 Å². The number of rotatable bonds is 7. The lowest BCUT2D eigenvalue weighted by Crippen LogP contribution is -2.23. The van der Waals surface area contributed by atoms with Crippen LogP contribution in [-0.4, -0.2) is 24.9 Å². The molecule has 0 bridgehead atoms. The van der Waals surface area contributed by atoms with E-state index in [1.165, 1.54) is 0 Å². The molecule has 1 rings (SSSR count). The van der Waals surface area contributed by atoms with E-state index in [-0.39, 0.29) is 19.1 Å². The Morgan fingerprint density at radius 2 is 2.24 bits per heavy atom. The SMILES string of the molecule is C#CCOc1ccccc1CNCC(C)CO. The maximum Gasteiger partial charge on any atom is 0.148 e. The van der Waals surface area contributed by atoms with Gasteiger partial charge in [0, 0.05) is 25.3 Å². The van der Waals surface area contributed by atoms with Gasteiger partial charge in [-0.3, -0.25) is 0 Å². The lowest BCUT2D eigenvalue weighted by Gasteiger charge is -2.12. The first-order valence-electron chi connectivity index (χ1n) is 5.73. The molecule has 0 spiro atoms. The molecule has 92 valence electrons. The molecule has 1 aromatic carbocycles. The van der Waals surface area contributed by atoms with Crippen molar-refractivity contribution in [2.24, 2.45) is 5.92 Å². The van der Waals surface area contributed by atoms with E-state index >= 15 is 0 Å². The summed E-state index contributed by atoms with van der Waals surface area (Å²) >= 11 is 0. The number of hydrogen-bond acceptors (Lipinski definition) is 3. The molecular weight excluding hydrogens is 214 g/mol. The van der Waals surface area contributed by atoms with Crippen LogP contribution in [0.1, 0.15) is 12.5 Å². The molecule has 0 aromatic heterocycles. The van der Waals surface area contributed by atoms with E-state index in [4.69, 9.17) is 16.3 Å². The van der Waals surface area contributed by atoms with Crippen LogP contribution in [0.4, 0.5) is 0 Å². The number of terminal acetylenes is 1. The molecule has 0 heterocycles. The molecule has 3 nitrogen and oxygen atoms in total. The van der Waals surface area contributed by atoms with Gasteiger partial charge < -0.3 is 15.2 Å². The smallest absolute Gasteiger partial charge is 0.148 e. The molecule has 1 aromatic rings. The maximum absolute atomic E-state index is 8.92. The number of ether oxygens (including phenoxy) is 1. The molecule has 17 heavy (non-hydrogen) atoms. The van der Waals surface area contributed by atoms with E-state index in [9.17, 15) is 0 Å². The average molecular weight is 233 g/mol. The summed E-state index contributed by atoms with van der Waals surface area (Å²) in [5.74, 6) is 3.52. The minimum absolute atomic E-state index is 0.197. The van der Waals surface area contributed by atoms with Gasteiger partial charge in [0.2, 0.25) is 0 Å². The van der Waals surface area contributed by atoms with Crippen LogP contribution in [0.15, 0.2) is 24.3 Å². The van der Waals surface area contributed by atoms with Gasteiger partial charge in [-0.15, -0.1) is 6.42 Å². The second kappa shape index (κ2) is 7.72. The average Bonchev–Trinajstić information content (AvgIpc) is 2.37. The van der Waals surface area contributed by atoms with Gasteiger partial charge in [0.05, 0.1) is 0 Å². The van der Waals surface area contributed by atoms with Gasteiger partial charge in [-0.05, 0) is 12.0 Å². The van der Waals surface area contributed by atoms with E-state index in [2.05, 4.69) is 11.2 Å².